The summed E-state index contributed by atoms with van der Waals surface area (Å²) < 4.78 is 6.90. The Bertz CT molecular complexity index is 662. The van der Waals surface area contributed by atoms with E-state index in [1.807, 2.05) is 18.5 Å². The number of fused-ring (bicyclic) bond motifs is 1. The Morgan fingerprint density at radius 1 is 1.41 bits per heavy atom. The van der Waals surface area contributed by atoms with E-state index in [9.17, 15) is 4.79 Å². The molecule has 0 saturated carbocycles. The van der Waals surface area contributed by atoms with Crippen LogP contribution in [0.1, 0.15) is 19.8 Å². The summed E-state index contributed by atoms with van der Waals surface area (Å²) in [5.41, 5.74) is 1.59. The predicted molar refractivity (Wildman–Crippen MR) is 81.5 cm³/mol. The largest absolute Gasteiger partial charge is 0.450 e. The first kappa shape index (κ1) is 14.6. The van der Waals surface area contributed by atoms with Gasteiger partial charge in [-0.3, -0.25) is 0 Å². The zero-order chi connectivity index (χ0) is 15.5. The van der Waals surface area contributed by atoms with E-state index < -0.39 is 0 Å². The van der Waals surface area contributed by atoms with Gasteiger partial charge in [0.2, 0.25) is 5.95 Å². The predicted octanol–water partition coefficient (Wildman–Crippen LogP) is 1.40. The third kappa shape index (κ3) is 2.95. The van der Waals surface area contributed by atoms with Gasteiger partial charge in [-0.15, -0.1) is 0 Å². The van der Waals surface area contributed by atoms with Gasteiger partial charge in [-0.25, -0.2) is 14.8 Å². The van der Waals surface area contributed by atoms with Crippen molar-refractivity contribution in [1.29, 1.82) is 0 Å². The zero-order valence-corrected chi connectivity index (χ0v) is 12.8. The average molecular weight is 304 g/mol. The van der Waals surface area contributed by atoms with Crippen molar-refractivity contribution in [2.24, 2.45) is 7.05 Å². The third-order valence-electron chi connectivity index (χ3n) is 3.84. The SMILES string of the molecule is CCOC(=O)N1CCC(Nc2ncc3c(ncn3C)n2)CC1. The fraction of sp³-hybridized carbons (Fsp3) is 0.571. The van der Waals surface area contributed by atoms with Gasteiger partial charge in [-0.05, 0) is 19.8 Å². The van der Waals surface area contributed by atoms with Crippen LogP contribution in [-0.2, 0) is 11.8 Å². The highest BCUT2D eigenvalue weighted by Gasteiger charge is 2.24. The Morgan fingerprint density at radius 3 is 2.91 bits per heavy atom. The number of carbonyl (C=O) groups is 1. The maximum Gasteiger partial charge on any atom is 0.409 e. The molecule has 1 aliphatic heterocycles. The Hall–Kier alpha value is -2.38. The summed E-state index contributed by atoms with van der Waals surface area (Å²) in [4.78, 5) is 26.4. The summed E-state index contributed by atoms with van der Waals surface area (Å²) >= 11 is 0. The summed E-state index contributed by atoms with van der Waals surface area (Å²) in [6.45, 7) is 3.59. The maximum absolute atomic E-state index is 11.7. The molecule has 1 fully saturated rings. The second-order valence-electron chi connectivity index (χ2n) is 5.36. The van der Waals surface area contributed by atoms with Gasteiger partial charge < -0.3 is 19.5 Å². The number of rotatable bonds is 3. The molecule has 1 saturated heterocycles. The Kier molecular flexibility index (Phi) is 4.08. The van der Waals surface area contributed by atoms with E-state index >= 15 is 0 Å². The van der Waals surface area contributed by atoms with Crippen LogP contribution in [0.2, 0.25) is 0 Å². The van der Waals surface area contributed by atoms with E-state index in [-0.39, 0.29) is 12.1 Å². The molecule has 1 aliphatic rings. The van der Waals surface area contributed by atoms with Gasteiger partial charge in [0.05, 0.1) is 19.1 Å². The van der Waals surface area contributed by atoms with Gasteiger partial charge in [0.25, 0.3) is 0 Å². The van der Waals surface area contributed by atoms with Gasteiger partial charge in [-0.2, -0.15) is 4.98 Å². The summed E-state index contributed by atoms with van der Waals surface area (Å²) in [6, 6.07) is 0.256. The number of anilines is 1. The van der Waals surface area contributed by atoms with E-state index in [4.69, 9.17) is 4.74 Å². The summed E-state index contributed by atoms with van der Waals surface area (Å²) in [5.74, 6) is 0.584. The zero-order valence-electron chi connectivity index (χ0n) is 12.8. The molecule has 3 heterocycles. The molecule has 8 nitrogen and oxygen atoms in total. The number of aromatic nitrogens is 4. The van der Waals surface area contributed by atoms with Crippen LogP contribution in [0.5, 0.6) is 0 Å². The lowest BCUT2D eigenvalue weighted by molar-refractivity contribution is 0.0983. The van der Waals surface area contributed by atoms with Crippen molar-refractivity contribution in [2.45, 2.75) is 25.8 Å². The standard InChI is InChI=1S/C14H20N6O2/c1-3-22-14(21)20-6-4-10(5-7-20)17-13-15-8-11-12(18-13)16-9-19(11)2/h8-10H,3-7H2,1-2H3,(H,15,17,18). The van der Waals surface area contributed by atoms with Crippen molar-refractivity contribution in [2.75, 3.05) is 25.0 Å². The first-order valence-electron chi connectivity index (χ1n) is 7.49. The maximum atomic E-state index is 11.7. The Labute approximate surface area is 128 Å². The van der Waals surface area contributed by atoms with Crippen LogP contribution in [0.25, 0.3) is 11.2 Å². The van der Waals surface area contributed by atoms with Crippen molar-refractivity contribution in [1.82, 2.24) is 24.4 Å². The van der Waals surface area contributed by atoms with Crippen LogP contribution in [0.4, 0.5) is 10.7 Å². The fourth-order valence-electron chi connectivity index (χ4n) is 2.59. The van der Waals surface area contributed by atoms with Gasteiger partial charge in [-0.1, -0.05) is 0 Å². The molecule has 0 unspecified atom stereocenters. The lowest BCUT2D eigenvalue weighted by Crippen LogP contribution is -2.42. The molecule has 2 aromatic heterocycles. The Balaban J connectivity index is 1.58. The number of ether oxygens (including phenoxy) is 1. The molecule has 0 atom stereocenters. The molecular weight excluding hydrogens is 284 g/mol. The highest BCUT2D eigenvalue weighted by Crippen LogP contribution is 2.16. The minimum atomic E-state index is -0.230. The van der Waals surface area contributed by atoms with Crippen LogP contribution < -0.4 is 5.32 Å². The van der Waals surface area contributed by atoms with Gasteiger partial charge in [0, 0.05) is 26.2 Å². The minimum absolute atomic E-state index is 0.230. The van der Waals surface area contributed by atoms with Gasteiger partial charge in [0.1, 0.15) is 5.52 Å². The topological polar surface area (TPSA) is 85.2 Å². The van der Waals surface area contributed by atoms with Crippen LogP contribution in [-0.4, -0.2) is 56.3 Å². The van der Waals surface area contributed by atoms with E-state index in [0.717, 1.165) is 18.4 Å². The van der Waals surface area contributed by atoms with Gasteiger partial charge >= 0.3 is 6.09 Å². The van der Waals surface area contributed by atoms with Crippen molar-refractivity contribution >= 4 is 23.2 Å². The molecule has 1 N–H and O–H groups in total. The van der Waals surface area contributed by atoms with E-state index in [1.54, 1.807) is 17.4 Å². The molecule has 0 radical (unpaired) electrons. The highest BCUT2D eigenvalue weighted by molar-refractivity contribution is 5.70. The fourth-order valence-corrected chi connectivity index (χ4v) is 2.59. The summed E-state index contributed by atoms with van der Waals surface area (Å²) in [7, 11) is 1.91. The number of likely N-dealkylation sites (tertiary alicyclic amines) is 1. The summed E-state index contributed by atoms with van der Waals surface area (Å²) in [6.07, 6.45) is 4.96. The van der Waals surface area contributed by atoms with Crippen molar-refractivity contribution < 1.29 is 9.53 Å². The molecule has 22 heavy (non-hydrogen) atoms. The molecule has 3 rings (SSSR count). The number of nitrogens with one attached hydrogen (secondary N) is 1. The lowest BCUT2D eigenvalue weighted by atomic mass is 10.1. The van der Waals surface area contributed by atoms with Crippen LogP contribution in [0.15, 0.2) is 12.5 Å². The molecule has 2 aromatic rings. The van der Waals surface area contributed by atoms with E-state index in [2.05, 4.69) is 20.3 Å². The Morgan fingerprint density at radius 2 is 2.18 bits per heavy atom. The van der Waals surface area contributed by atoms with Crippen LogP contribution in [0.3, 0.4) is 0 Å². The number of imidazole rings is 1. The molecule has 118 valence electrons. The van der Waals surface area contributed by atoms with Crippen LogP contribution >= 0.6 is 0 Å². The molecule has 1 amide bonds. The second kappa shape index (κ2) is 6.17. The quantitative estimate of drug-likeness (QED) is 0.922. The van der Waals surface area contributed by atoms with E-state index in [1.165, 1.54) is 0 Å². The molecule has 0 aliphatic carbocycles. The number of piperidine rings is 1. The monoisotopic (exact) mass is 304 g/mol. The number of aryl methyl sites for hydroxylation is 1. The lowest BCUT2D eigenvalue weighted by Gasteiger charge is -2.31. The number of carbonyl (C=O) groups excluding carboxylic acids is 1. The van der Waals surface area contributed by atoms with Crippen LogP contribution in [0, 0.1) is 0 Å². The minimum Gasteiger partial charge on any atom is -0.450 e. The van der Waals surface area contributed by atoms with Crippen molar-refractivity contribution in [3.63, 3.8) is 0 Å². The number of nitrogens with zero attached hydrogens (tertiary/aromatic N) is 5. The highest BCUT2D eigenvalue weighted by atomic mass is 16.6. The molecule has 0 bridgehead atoms. The second-order valence-corrected chi connectivity index (χ2v) is 5.36. The van der Waals surface area contributed by atoms with Crippen molar-refractivity contribution in [3.05, 3.63) is 12.5 Å². The van der Waals surface area contributed by atoms with Crippen molar-refractivity contribution in [3.8, 4) is 0 Å². The first-order valence-corrected chi connectivity index (χ1v) is 7.49. The molecule has 8 heteroatoms. The average Bonchev–Trinajstić information content (AvgIpc) is 2.89. The first-order chi connectivity index (χ1) is 10.7. The molecule has 0 spiro atoms. The number of hydrogen-bond acceptors (Lipinski definition) is 6. The summed E-state index contributed by atoms with van der Waals surface area (Å²) in [5, 5.41) is 3.32. The molecular formula is C14H20N6O2. The van der Waals surface area contributed by atoms with E-state index in [0.29, 0.717) is 31.3 Å². The van der Waals surface area contributed by atoms with Gasteiger partial charge in [0.15, 0.2) is 5.65 Å². The normalized spacial score (nSPS) is 16.0. The number of amides is 1. The smallest absolute Gasteiger partial charge is 0.409 e. The third-order valence-corrected chi connectivity index (χ3v) is 3.84. The number of hydrogen-bond donors (Lipinski definition) is 1. The molecule has 0 aromatic carbocycles.